The Balaban J connectivity index is -0.000000919. The Morgan fingerprint density at radius 1 is 0.452 bits per heavy atom. The molecule has 0 aromatic heterocycles. The maximum Gasteiger partial charge on any atom is 0.253 e. The fourth-order valence-corrected chi connectivity index (χ4v) is 7.19. The SMILES string of the molecule is C=CC(=O)N(C(C)C)C(C)C.C=CC(=O)N(CC(C)C)CC(C)C.C=CN(C(C)=O)c1ccccc1.C=CN(C)C(C)=O.C=Cc1ccc(C(=O)N(C)C)cc1.C=Cc1ccc(C(=O)N(CC)CC)cc1.C=Cc1ccccc1C(=O)N(C)C. The standard InChI is InChI=1S/C13H17NO.2C11H13NO.C11H21NO.C10H11NO.C9H17NO.C5H9NO/c1-4-11-7-9-12(10-8-11)13(15)14(5-2)6-3;1-4-9-5-7-10(8-6-9)11(13)12(2)3;1-4-9-7-5-6-8-10(9)11(13)12(2)3;1-6-11(13)12(7-9(2)3)8-10(4)5;1-3-11(9(2)12)10-7-5-4-6-8-10;1-6-9(11)10(7(2)3)8(4)5;1-4-6(3)5(2)7/h4,7-10H,1,5-6H2,2-3H3;2*4-8H,1H2,2-3H3;6,9-10H,1,7-8H2,2-5H3;3-8H,1H2,2H3;6-8H,1H2,2-5H3;4H,1H2,2-3H3. The van der Waals surface area contributed by atoms with Gasteiger partial charge in [0.2, 0.25) is 23.6 Å². The zero-order valence-corrected chi connectivity index (χ0v) is 53.9. The molecule has 0 aliphatic rings. The van der Waals surface area contributed by atoms with Gasteiger partial charge >= 0.3 is 0 Å². The molecule has 0 unspecified atom stereocenters. The molecular formula is C70H101N7O7. The van der Waals surface area contributed by atoms with E-state index in [0.29, 0.717) is 23.0 Å². The summed E-state index contributed by atoms with van der Waals surface area (Å²) in [5.41, 5.74) is 5.92. The Kier molecular flexibility index (Phi) is 42.6. The first kappa shape index (κ1) is 79.6. The molecule has 0 saturated carbocycles. The molecular weight excluding hydrogens is 1050 g/mol. The second kappa shape index (κ2) is 44.9. The number of nitrogens with zero attached hydrogens (tertiary/aromatic N) is 7. The summed E-state index contributed by atoms with van der Waals surface area (Å²) in [4.78, 5) is 90.3. The number of amides is 7. The molecule has 0 aliphatic heterocycles. The fraction of sp³-hybridized carbons (Fsp3) is 0.357. The quantitative estimate of drug-likeness (QED) is 0.0851. The van der Waals surface area contributed by atoms with Crippen molar-refractivity contribution >= 4 is 65.3 Å². The highest BCUT2D eigenvalue weighted by atomic mass is 16.2. The van der Waals surface area contributed by atoms with Crippen LogP contribution in [-0.4, -0.2) is 144 Å². The summed E-state index contributed by atoms with van der Waals surface area (Å²) in [7, 11) is 8.62. The number of benzene rings is 4. The summed E-state index contributed by atoms with van der Waals surface area (Å²) in [6.07, 6.45) is 11.0. The summed E-state index contributed by atoms with van der Waals surface area (Å²) in [5.74, 6) is 1.19. The number of anilines is 1. The third-order valence-electron chi connectivity index (χ3n) is 11.6. The lowest BCUT2D eigenvalue weighted by Crippen LogP contribution is -2.40. The van der Waals surface area contributed by atoms with Crippen LogP contribution in [0.3, 0.4) is 0 Å². The van der Waals surface area contributed by atoms with Gasteiger partial charge in [-0.15, -0.1) is 0 Å². The lowest BCUT2D eigenvalue weighted by Gasteiger charge is -2.29. The van der Waals surface area contributed by atoms with Gasteiger partial charge in [-0.05, 0) is 131 Å². The number of rotatable bonds is 19. The maximum absolute atomic E-state index is 11.9. The fourth-order valence-electron chi connectivity index (χ4n) is 7.19. The molecule has 0 radical (unpaired) electrons. The van der Waals surface area contributed by atoms with Crippen molar-refractivity contribution in [3.05, 3.63) is 207 Å². The number of carbonyl (C=O) groups is 7. The summed E-state index contributed by atoms with van der Waals surface area (Å²) in [6, 6.07) is 32.2. The minimum atomic E-state index is -0.0313. The van der Waals surface area contributed by atoms with Gasteiger partial charge in [0.05, 0.1) is 0 Å². The topological polar surface area (TPSA) is 142 Å². The molecule has 0 spiro atoms. The van der Waals surface area contributed by atoms with Gasteiger partial charge in [-0.1, -0.05) is 153 Å². The third kappa shape index (κ3) is 32.7. The zero-order valence-electron chi connectivity index (χ0n) is 53.9. The molecule has 0 atom stereocenters. The average Bonchev–Trinajstić information content (AvgIpc) is 3.58. The lowest BCUT2D eigenvalue weighted by atomic mass is 10.1. The lowest BCUT2D eigenvalue weighted by molar-refractivity contribution is -0.129. The van der Waals surface area contributed by atoms with Gasteiger partial charge in [0, 0.05) is 116 Å². The number of hydrogen-bond donors (Lipinski definition) is 0. The molecule has 458 valence electrons. The van der Waals surface area contributed by atoms with Crippen LogP contribution in [0.2, 0.25) is 0 Å². The number of hydrogen-bond acceptors (Lipinski definition) is 7. The van der Waals surface area contributed by atoms with Crippen LogP contribution in [0.25, 0.3) is 18.2 Å². The van der Waals surface area contributed by atoms with Gasteiger partial charge in [-0.25, -0.2) is 0 Å². The van der Waals surface area contributed by atoms with Crippen molar-refractivity contribution in [2.24, 2.45) is 11.8 Å². The van der Waals surface area contributed by atoms with Crippen molar-refractivity contribution in [3.8, 4) is 0 Å². The molecule has 4 rings (SSSR count). The Morgan fingerprint density at radius 2 is 0.857 bits per heavy atom. The molecule has 4 aromatic carbocycles. The predicted octanol–water partition coefficient (Wildman–Crippen LogP) is 13.8. The van der Waals surface area contributed by atoms with Gasteiger partial charge < -0.3 is 29.4 Å². The molecule has 84 heavy (non-hydrogen) atoms. The first-order valence-corrected chi connectivity index (χ1v) is 28.0. The smallest absolute Gasteiger partial charge is 0.253 e. The van der Waals surface area contributed by atoms with E-state index in [2.05, 4.69) is 73.7 Å². The van der Waals surface area contributed by atoms with E-state index in [-0.39, 0.29) is 53.4 Å². The third-order valence-corrected chi connectivity index (χ3v) is 11.6. The average molecular weight is 1150 g/mol. The van der Waals surface area contributed by atoms with Gasteiger partial charge in [0.25, 0.3) is 17.7 Å². The van der Waals surface area contributed by atoms with E-state index in [1.54, 1.807) is 86.4 Å². The molecule has 4 aromatic rings. The molecule has 14 heteroatoms. The van der Waals surface area contributed by atoms with Crippen molar-refractivity contribution in [3.63, 3.8) is 0 Å². The predicted molar refractivity (Wildman–Crippen MR) is 355 cm³/mol. The first-order chi connectivity index (χ1) is 39.4. The molecule has 7 amide bonds. The second-order valence-electron chi connectivity index (χ2n) is 20.4. The van der Waals surface area contributed by atoms with Crippen LogP contribution < -0.4 is 4.90 Å². The van der Waals surface area contributed by atoms with Gasteiger partial charge in [0.1, 0.15) is 0 Å². The van der Waals surface area contributed by atoms with Crippen LogP contribution >= 0.6 is 0 Å². The van der Waals surface area contributed by atoms with E-state index >= 15 is 0 Å². The van der Waals surface area contributed by atoms with Crippen LogP contribution in [0.5, 0.6) is 0 Å². The van der Waals surface area contributed by atoms with Crippen LogP contribution in [0, 0.1) is 11.8 Å². The Bertz CT molecular complexity index is 2650. The Morgan fingerprint density at radius 3 is 1.14 bits per heavy atom. The summed E-state index contributed by atoms with van der Waals surface area (Å²) in [5, 5.41) is 0. The molecule has 0 aliphatic carbocycles. The van der Waals surface area contributed by atoms with Gasteiger partial charge in [-0.2, -0.15) is 0 Å². The molecule has 14 nitrogen and oxygen atoms in total. The normalized spacial score (nSPS) is 9.58. The Labute approximate surface area is 506 Å². The maximum atomic E-state index is 11.9. The molecule has 0 saturated heterocycles. The highest BCUT2D eigenvalue weighted by molar-refractivity contribution is 5.97. The van der Waals surface area contributed by atoms with E-state index in [0.717, 1.165) is 54.1 Å². The van der Waals surface area contributed by atoms with Crippen molar-refractivity contribution in [1.82, 2.24) is 29.4 Å². The molecule has 0 heterocycles. The van der Waals surface area contributed by atoms with Crippen LogP contribution in [-0.2, 0) is 19.2 Å². The van der Waals surface area contributed by atoms with Crippen LogP contribution in [0.15, 0.2) is 174 Å². The molecule has 0 bridgehead atoms. The van der Waals surface area contributed by atoms with Crippen molar-refractivity contribution in [2.75, 3.05) is 66.3 Å². The van der Waals surface area contributed by atoms with Crippen LogP contribution in [0.1, 0.15) is 131 Å². The van der Waals surface area contributed by atoms with Gasteiger partial charge in [0.15, 0.2) is 0 Å². The number of para-hydroxylation sites is 1. The van der Waals surface area contributed by atoms with Crippen molar-refractivity contribution in [2.45, 2.75) is 95.2 Å². The Hall–Kier alpha value is -8.65. The first-order valence-electron chi connectivity index (χ1n) is 28.0. The molecule has 0 N–H and O–H groups in total. The number of carbonyl (C=O) groups excluding carboxylic acids is 7. The minimum absolute atomic E-state index is 0.00926. The van der Waals surface area contributed by atoms with E-state index in [1.807, 2.05) is 136 Å². The van der Waals surface area contributed by atoms with Crippen molar-refractivity contribution < 1.29 is 33.6 Å². The van der Waals surface area contributed by atoms with Crippen LogP contribution in [0.4, 0.5) is 5.69 Å². The summed E-state index contributed by atoms with van der Waals surface area (Å²) in [6.45, 7) is 51.5. The highest BCUT2D eigenvalue weighted by Gasteiger charge is 2.17. The van der Waals surface area contributed by atoms with E-state index in [1.165, 1.54) is 48.2 Å². The van der Waals surface area contributed by atoms with E-state index < -0.39 is 0 Å². The zero-order chi connectivity index (χ0) is 65.2. The highest BCUT2D eigenvalue weighted by Crippen LogP contribution is 2.14. The largest absolute Gasteiger partial charge is 0.345 e. The van der Waals surface area contributed by atoms with Crippen molar-refractivity contribution in [1.29, 1.82) is 0 Å². The molecule has 0 fully saturated rings. The second-order valence-corrected chi connectivity index (χ2v) is 20.4. The summed E-state index contributed by atoms with van der Waals surface area (Å²) >= 11 is 0. The van der Waals surface area contributed by atoms with Gasteiger partial charge in [-0.3, -0.25) is 38.5 Å². The monoisotopic (exact) mass is 1150 g/mol. The van der Waals surface area contributed by atoms with E-state index in [4.69, 9.17) is 0 Å². The van der Waals surface area contributed by atoms with E-state index in [9.17, 15) is 33.6 Å². The summed E-state index contributed by atoms with van der Waals surface area (Å²) < 4.78 is 0. The minimum Gasteiger partial charge on any atom is -0.345 e.